The van der Waals surface area contributed by atoms with Crippen LogP contribution in [0, 0.1) is 13.8 Å². The van der Waals surface area contributed by atoms with Crippen LogP contribution in [0.4, 0.5) is 4.79 Å². The largest absolute Gasteiger partial charge is 0.513 e. The van der Waals surface area contributed by atoms with Gasteiger partial charge in [0.05, 0.1) is 7.11 Å². The van der Waals surface area contributed by atoms with Crippen molar-refractivity contribution in [2.24, 2.45) is 0 Å². The minimum absolute atomic E-state index is 0.290. The molecule has 0 aliphatic carbocycles. The zero-order chi connectivity index (χ0) is 18.4. The highest BCUT2D eigenvalue weighted by Crippen LogP contribution is 2.29. The topological polar surface area (TPSA) is 44.8 Å². The van der Waals surface area contributed by atoms with Crippen LogP contribution < -0.4 is 9.47 Å². The number of thiol groups is 1. The van der Waals surface area contributed by atoms with Gasteiger partial charge in [0.25, 0.3) is 0 Å². The number of hydrogen-bond acceptors (Lipinski definition) is 5. The first kappa shape index (κ1) is 19.2. The maximum Gasteiger partial charge on any atom is 0.513 e. The van der Waals surface area contributed by atoms with Crippen LogP contribution in [0.5, 0.6) is 11.5 Å². The average Bonchev–Trinajstić information content (AvgIpc) is 2.62. The highest BCUT2D eigenvalue weighted by atomic mass is 32.1. The first-order valence-corrected chi connectivity index (χ1v) is 8.83. The Bertz CT molecular complexity index is 756. The SMILES string of the molecule is CCc1cc(C)c(C)cc1OCc1c(CS)cccc1OC(=O)OC. The third kappa shape index (κ3) is 4.69. The quantitative estimate of drug-likeness (QED) is 0.446. The van der Waals surface area contributed by atoms with E-state index in [2.05, 4.69) is 50.3 Å². The fraction of sp³-hybridized carbons (Fsp3) is 0.350. The molecule has 0 N–H and O–H groups in total. The van der Waals surface area contributed by atoms with Gasteiger partial charge in [-0.1, -0.05) is 25.1 Å². The van der Waals surface area contributed by atoms with E-state index in [9.17, 15) is 4.79 Å². The Kier molecular flexibility index (Phi) is 6.76. The van der Waals surface area contributed by atoms with Gasteiger partial charge in [0.1, 0.15) is 18.1 Å². The summed E-state index contributed by atoms with van der Waals surface area (Å²) in [7, 11) is 1.28. The Labute approximate surface area is 154 Å². The lowest BCUT2D eigenvalue weighted by Gasteiger charge is -2.17. The molecule has 0 atom stereocenters. The van der Waals surface area contributed by atoms with E-state index < -0.39 is 6.16 Å². The molecule has 4 nitrogen and oxygen atoms in total. The molecule has 0 fully saturated rings. The molecular formula is C20H24O4S. The van der Waals surface area contributed by atoms with Crippen molar-refractivity contribution in [1.82, 2.24) is 0 Å². The van der Waals surface area contributed by atoms with Crippen LogP contribution in [-0.4, -0.2) is 13.3 Å². The van der Waals surface area contributed by atoms with Gasteiger partial charge in [0.15, 0.2) is 0 Å². The summed E-state index contributed by atoms with van der Waals surface area (Å²) in [5.74, 6) is 1.80. The number of aryl methyl sites for hydroxylation is 3. The molecule has 0 saturated heterocycles. The van der Waals surface area contributed by atoms with E-state index in [1.54, 1.807) is 6.07 Å². The van der Waals surface area contributed by atoms with Crippen LogP contribution in [-0.2, 0) is 23.5 Å². The summed E-state index contributed by atoms with van der Waals surface area (Å²) in [5, 5.41) is 0. The van der Waals surface area contributed by atoms with E-state index >= 15 is 0 Å². The zero-order valence-corrected chi connectivity index (χ0v) is 16.0. The first-order chi connectivity index (χ1) is 12.0. The molecule has 0 unspecified atom stereocenters. The van der Waals surface area contributed by atoms with E-state index in [1.165, 1.54) is 18.2 Å². The van der Waals surface area contributed by atoms with Gasteiger partial charge in [-0.05, 0) is 54.7 Å². The van der Waals surface area contributed by atoms with Crippen LogP contribution >= 0.6 is 12.6 Å². The van der Waals surface area contributed by atoms with E-state index in [1.807, 2.05) is 12.1 Å². The molecule has 0 spiro atoms. The Morgan fingerprint density at radius 2 is 1.80 bits per heavy atom. The third-order valence-corrected chi connectivity index (χ3v) is 4.53. The maximum atomic E-state index is 11.5. The number of carbonyl (C=O) groups excluding carboxylic acids is 1. The van der Waals surface area contributed by atoms with Crippen molar-refractivity contribution in [3.05, 3.63) is 58.1 Å². The second kappa shape index (κ2) is 8.81. The number of rotatable bonds is 6. The number of benzene rings is 2. The molecule has 2 aromatic rings. The van der Waals surface area contributed by atoms with Crippen LogP contribution in [0.15, 0.2) is 30.3 Å². The molecule has 134 valence electrons. The highest BCUT2D eigenvalue weighted by molar-refractivity contribution is 7.79. The summed E-state index contributed by atoms with van der Waals surface area (Å²) in [6.07, 6.45) is 0.133. The second-order valence-corrected chi connectivity index (χ2v) is 6.11. The lowest BCUT2D eigenvalue weighted by atomic mass is 10.0. The molecular weight excluding hydrogens is 336 g/mol. The van der Waals surface area contributed by atoms with Gasteiger partial charge in [-0.2, -0.15) is 12.6 Å². The van der Waals surface area contributed by atoms with E-state index in [4.69, 9.17) is 9.47 Å². The third-order valence-electron chi connectivity index (χ3n) is 4.19. The van der Waals surface area contributed by atoms with Crippen LogP contribution in [0.2, 0.25) is 0 Å². The molecule has 2 aromatic carbocycles. The van der Waals surface area contributed by atoms with Gasteiger partial charge < -0.3 is 14.2 Å². The fourth-order valence-electron chi connectivity index (χ4n) is 2.56. The minimum atomic E-state index is -0.752. The van der Waals surface area contributed by atoms with Gasteiger partial charge in [0, 0.05) is 11.3 Å². The molecule has 0 bridgehead atoms. The molecule has 0 aliphatic heterocycles. The minimum Gasteiger partial charge on any atom is -0.488 e. The Balaban J connectivity index is 2.31. The van der Waals surface area contributed by atoms with Crippen molar-refractivity contribution < 1.29 is 19.0 Å². The number of ether oxygens (including phenoxy) is 3. The van der Waals surface area contributed by atoms with Crippen molar-refractivity contribution in [1.29, 1.82) is 0 Å². The van der Waals surface area contributed by atoms with Gasteiger partial charge in [-0.15, -0.1) is 0 Å². The molecule has 25 heavy (non-hydrogen) atoms. The molecule has 0 aliphatic rings. The van der Waals surface area contributed by atoms with Crippen molar-refractivity contribution >= 4 is 18.8 Å². The molecule has 0 saturated carbocycles. The van der Waals surface area contributed by atoms with Crippen LogP contribution in [0.3, 0.4) is 0 Å². The summed E-state index contributed by atoms with van der Waals surface area (Å²) < 4.78 is 15.9. The molecule has 0 radical (unpaired) electrons. The van der Waals surface area contributed by atoms with E-state index in [-0.39, 0.29) is 0 Å². The van der Waals surface area contributed by atoms with Gasteiger partial charge in [0.2, 0.25) is 0 Å². The predicted molar refractivity (Wildman–Crippen MR) is 102 cm³/mol. The van der Waals surface area contributed by atoms with Crippen LogP contribution in [0.25, 0.3) is 0 Å². The maximum absolute atomic E-state index is 11.5. The van der Waals surface area contributed by atoms with Crippen molar-refractivity contribution in [3.8, 4) is 11.5 Å². The van der Waals surface area contributed by atoms with Gasteiger partial charge in [-0.25, -0.2) is 4.79 Å². The van der Waals surface area contributed by atoms with Crippen molar-refractivity contribution in [2.45, 2.75) is 39.6 Å². The Morgan fingerprint density at radius 3 is 2.44 bits per heavy atom. The zero-order valence-electron chi connectivity index (χ0n) is 15.1. The molecule has 5 heteroatoms. The Morgan fingerprint density at radius 1 is 1.08 bits per heavy atom. The monoisotopic (exact) mass is 360 g/mol. The number of hydrogen-bond donors (Lipinski definition) is 1. The van der Waals surface area contributed by atoms with Crippen LogP contribution in [0.1, 0.15) is 34.7 Å². The average molecular weight is 360 g/mol. The lowest BCUT2D eigenvalue weighted by molar-refractivity contribution is 0.120. The molecule has 2 rings (SSSR count). The van der Waals surface area contributed by atoms with E-state index in [0.29, 0.717) is 18.1 Å². The standard InChI is InChI=1S/C20H24O4S/c1-5-15-9-13(2)14(3)10-19(15)23-11-17-16(12-25)7-6-8-18(17)24-20(21)22-4/h6-10,25H,5,11-12H2,1-4H3. The summed E-state index contributed by atoms with van der Waals surface area (Å²) in [4.78, 5) is 11.5. The van der Waals surface area contributed by atoms with Gasteiger partial charge >= 0.3 is 6.16 Å². The first-order valence-electron chi connectivity index (χ1n) is 8.20. The van der Waals surface area contributed by atoms with E-state index in [0.717, 1.165) is 28.9 Å². The number of carbonyl (C=O) groups is 1. The molecule has 0 heterocycles. The Hall–Kier alpha value is -2.14. The molecule has 0 amide bonds. The van der Waals surface area contributed by atoms with Crippen molar-refractivity contribution in [2.75, 3.05) is 7.11 Å². The predicted octanol–water partition coefficient (Wildman–Crippen LogP) is 5.02. The normalized spacial score (nSPS) is 10.4. The lowest BCUT2D eigenvalue weighted by Crippen LogP contribution is -2.11. The number of methoxy groups -OCH3 is 1. The highest BCUT2D eigenvalue weighted by Gasteiger charge is 2.14. The second-order valence-electron chi connectivity index (χ2n) is 5.79. The summed E-state index contributed by atoms with van der Waals surface area (Å²) in [5.41, 5.74) is 5.33. The summed E-state index contributed by atoms with van der Waals surface area (Å²) in [6, 6.07) is 9.70. The molecule has 0 aromatic heterocycles. The summed E-state index contributed by atoms with van der Waals surface area (Å²) >= 11 is 4.36. The van der Waals surface area contributed by atoms with Gasteiger partial charge in [-0.3, -0.25) is 0 Å². The van der Waals surface area contributed by atoms with Crippen molar-refractivity contribution in [3.63, 3.8) is 0 Å². The summed E-state index contributed by atoms with van der Waals surface area (Å²) in [6.45, 7) is 6.55. The fourth-order valence-corrected chi connectivity index (χ4v) is 2.86. The smallest absolute Gasteiger partial charge is 0.488 e.